The molecule has 0 aromatic carbocycles. The van der Waals surface area contributed by atoms with Crippen LogP contribution in [0.2, 0.25) is 0 Å². The summed E-state index contributed by atoms with van der Waals surface area (Å²) in [6.07, 6.45) is -0.351. The van der Waals surface area contributed by atoms with Gasteiger partial charge in [0, 0.05) is 6.04 Å². The third kappa shape index (κ3) is 2.26. The molecule has 6 nitrogen and oxygen atoms in total. The van der Waals surface area contributed by atoms with Gasteiger partial charge in [-0.25, -0.2) is 0 Å². The van der Waals surface area contributed by atoms with Crippen LogP contribution in [0.5, 0.6) is 0 Å². The Morgan fingerprint density at radius 1 is 1.53 bits per heavy atom. The minimum atomic E-state index is -1.10. The maximum absolute atomic E-state index is 11.4. The first-order valence-corrected chi connectivity index (χ1v) is 4.57. The number of carbonyl (C=O) groups excluding carboxylic acids is 2. The molecule has 0 radical (unpaired) electrons. The largest absolute Gasteiger partial charge is 0.481 e. The van der Waals surface area contributed by atoms with Gasteiger partial charge >= 0.3 is 11.9 Å². The van der Waals surface area contributed by atoms with Gasteiger partial charge in [0.2, 0.25) is 5.91 Å². The van der Waals surface area contributed by atoms with Crippen LogP contribution in [0.4, 0.5) is 0 Å². The number of aliphatic carboxylic acids is 1. The molecule has 0 aromatic heterocycles. The molecule has 1 saturated heterocycles. The van der Waals surface area contributed by atoms with E-state index in [9.17, 15) is 14.4 Å². The van der Waals surface area contributed by atoms with Gasteiger partial charge < -0.3 is 15.2 Å². The van der Waals surface area contributed by atoms with E-state index in [1.807, 2.05) is 0 Å². The Labute approximate surface area is 86.6 Å². The van der Waals surface area contributed by atoms with Gasteiger partial charge in [-0.3, -0.25) is 14.4 Å². The molecule has 1 aliphatic rings. The topological polar surface area (TPSA) is 92.7 Å². The number of methoxy groups -OCH3 is 1. The second-order valence-electron chi connectivity index (χ2n) is 3.55. The van der Waals surface area contributed by atoms with Crippen molar-refractivity contribution < 1.29 is 24.2 Å². The number of nitrogens with one attached hydrogen (secondary N) is 1. The van der Waals surface area contributed by atoms with Crippen LogP contribution in [-0.4, -0.2) is 36.1 Å². The molecule has 1 rings (SSSR count). The Morgan fingerprint density at radius 2 is 2.13 bits per heavy atom. The van der Waals surface area contributed by atoms with Crippen molar-refractivity contribution in [1.82, 2.24) is 5.32 Å². The average Bonchev–Trinajstić information content (AvgIpc) is 2.40. The Bertz CT molecular complexity index is 301. The lowest BCUT2D eigenvalue weighted by atomic mass is 9.88. The van der Waals surface area contributed by atoms with Gasteiger partial charge in [0.25, 0.3) is 0 Å². The summed E-state index contributed by atoms with van der Waals surface area (Å²) in [5.41, 5.74) is 0. The summed E-state index contributed by atoms with van der Waals surface area (Å²) >= 11 is 0. The number of rotatable bonds is 3. The Morgan fingerprint density at radius 3 is 2.60 bits per heavy atom. The molecule has 1 aliphatic heterocycles. The SMILES string of the molecule is COC(=O)[C@@H]1[C@H](C)NC(=O)[C@@H]1CC(=O)O. The molecule has 2 N–H and O–H groups in total. The Hall–Kier alpha value is -1.59. The zero-order chi connectivity index (χ0) is 11.6. The number of carbonyl (C=O) groups is 3. The first kappa shape index (κ1) is 11.5. The lowest BCUT2D eigenvalue weighted by Gasteiger charge is -2.15. The number of hydrogen-bond acceptors (Lipinski definition) is 4. The molecule has 0 saturated carbocycles. The molecule has 84 valence electrons. The van der Waals surface area contributed by atoms with Crippen LogP contribution in [0.1, 0.15) is 13.3 Å². The maximum atomic E-state index is 11.4. The lowest BCUT2D eigenvalue weighted by molar-refractivity contribution is -0.149. The van der Waals surface area contributed by atoms with Crippen LogP contribution in [0.25, 0.3) is 0 Å². The van der Waals surface area contributed by atoms with E-state index in [1.165, 1.54) is 7.11 Å². The number of carboxylic acids is 1. The van der Waals surface area contributed by atoms with E-state index < -0.39 is 29.7 Å². The molecular formula is C9H13NO5. The summed E-state index contributed by atoms with van der Waals surface area (Å²) in [5, 5.41) is 11.2. The standard InChI is InChI=1S/C9H13NO5/c1-4-7(9(14)15-2)5(3-6(11)12)8(13)10-4/h4-5,7H,3H2,1-2H3,(H,10,13)(H,11,12)/t4-,5+,7+/m0/s1. The zero-order valence-corrected chi connectivity index (χ0v) is 8.52. The fourth-order valence-electron chi connectivity index (χ4n) is 1.85. The number of esters is 1. The number of carboxylic acid groups (broad SMARTS) is 1. The fraction of sp³-hybridized carbons (Fsp3) is 0.667. The average molecular weight is 215 g/mol. The minimum Gasteiger partial charge on any atom is -0.481 e. The quantitative estimate of drug-likeness (QED) is 0.612. The molecule has 1 heterocycles. The number of ether oxygens (including phenoxy) is 1. The summed E-state index contributed by atoms with van der Waals surface area (Å²) in [7, 11) is 1.22. The Balaban J connectivity index is 2.84. The van der Waals surface area contributed by atoms with E-state index in [0.717, 1.165) is 0 Å². The molecule has 0 bridgehead atoms. The molecule has 0 aromatic rings. The van der Waals surface area contributed by atoms with Gasteiger partial charge in [0.15, 0.2) is 0 Å². The third-order valence-electron chi connectivity index (χ3n) is 2.55. The first-order valence-electron chi connectivity index (χ1n) is 4.57. The maximum Gasteiger partial charge on any atom is 0.311 e. The van der Waals surface area contributed by atoms with Gasteiger partial charge in [0.1, 0.15) is 0 Å². The normalized spacial score (nSPS) is 29.7. The predicted molar refractivity (Wildman–Crippen MR) is 48.9 cm³/mol. The highest BCUT2D eigenvalue weighted by Crippen LogP contribution is 2.27. The van der Waals surface area contributed by atoms with E-state index in [0.29, 0.717) is 0 Å². The number of hydrogen-bond donors (Lipinski definition) is 2. The summed E-state index contributed by atoms with van der Waals surface area (Å²) in [6.45, 7) is 1.65. The van der Waals surface area contributed by atoms with Crippen LogP contribution in [-0.2, 0) is 19.1 Å². The van der Waals surface area contributed by atoms with E-state index in [1.54, 1.807) is 6.92 Å². The zero-order valence-electron chi connectivity index (χ0n) is 8.52. The summed E-state index contributed by atoms with van der Waals surface area (Å²) in [5.74, 6) is -3.59. The highest BCUT2D eigenvalue weighted by atomic mass is 16.5. The molecule has 15 heavy (non-hydrogen) atoms. The van der Waals surface area contributed by atoms with Crippen molar-refractivity contribution in [3.05, 3.63) is 0 Å². The first-order chi connectivity index (χ1) is 6.97. The Kier molecular flexibility index (Phi) is 3.28. The van der Waals surface area contributed by atoms with Crippen molar-refractivity contribution in [2.45, 2.75) is 19.4 Å². The van der Waals surface area contributed by atoms with E-state index in [-0.39, 0.29) is 12.5 Å². The van der Waals surface area contributed by atoms with E-state index in [2.05, 4.69) is 10.1 Å². The second-order valence-corrected chi connectivity index (χ2v) is 3.55. The van der Waals surface area contributed by atoms with Gasteiger partial charge in [-0.2, -0.15) is 0 Å². The molecule has 0 spiro atoms. The monoisotopic (exact) mass is 215 g/mol. The molecule has 1 fully saturated rings. The number of amides is 1. The molecule has 3 atom stereocenters. The van der Waals surface area contributed by atoms with Crippen LogP contribution in [0.3, 0.4) is 0 Å². The van der Waals surface area contributed by atoms with Gasteiger partial charge in [-0.1, -0.05) is 0 Å². The van der Waals surface area contributed by atoms with Crippen molar-refractivity contribution >= 4 is 17.8 Å². The van der Waals surface area contributed by atoms with Crippen molar-refractivity contribution in [1.29, 1.82) is 0 Å². The highest BCUT2D eigenvalue weighted by Gasteiger charge is 2.45. The van der Waals surface area contributed by atoms with Crippen LogP contribution < -0.4 is 5.32 Å². The van der Waals surface area contributed by atoms with Crippen molar-refractivity contribution in [2.75, 3.05) is 7.11 Å². The summed E-state index contributed by atoms with van der Waals surface area (Å²) < 4.78 is 4.54. The van der Waals surface area contributed by atoms with Crippen molar-refractivity contribution in [3.8, 4) is 0 Å². The van der Waals surface area contributed by atoms with E-state index >= 15 is 0 Å². The summed E-state index contributed by atoms with van der Waals surface area (Å²) in [6, 6.07) is -0.380. The third-order valence-corrected chi connectivity index (χ3v) is 2.55. The van der Waals surface area contributed by atoms with Crippen LogP contribution in [0, 0.1) is 11.8 Å². The van der Waals surface area contributed by atoms with Crippen LogP contribution in [0.15, 0.2) is 0 Å². The van der Waals surface area contributed by atoms with Crippen molar-refractivity contribution in [2.24, 2.45) is 11.8 Å². The van der Waals surface area contributed by atoms with Gasteiger partial charge in [-0.05, 0) is 6.92 Å². The molecule has 0 aliphatic carbocycles. The predicted octanol–water partition coefficient (Wildman–Crippen LogP) is -0.615. The summed E-state index contributed by atoms with van der Waals surface area (Å²) in [4.78, 5) is 33.3. The molecule has 0 unspecified atom stereocenters. The smallest absolute Gasteiger partial charge is 0.311 e. The lowest BCUT2D eigenvalue weighted by Crippen LogP contribution is -2.31. The van der Waals surface area contributed by atoms with Gasteiger partial charge in [-0.15, -0.1) is 0 Å². The van der Waals surface area contributed by atoms with Gasteiger partial charge in [0.05, 0.1) is 25.4 Å². The molecule has 1 amide bonds. The minimum absolute atomic E-state index is 0.351. The molecule has 6 heteroatoms. The molecular weight excluding hydrogens is 202 g/mol. The van der Waals surface area contributed by atoms with Crippen molar-refractivity contribution in [3.63, 3.8) is 0 Å². The van der Waals surface area contributed by atoms with Crippen LogP contribution >= 0.6 is 0 Å². The second kappa shape index (κ2) is 4.29. The van der Waals surface area contributed by atoms with E-state index in [4.69, 9.17) is 5.11 Å². The highest BCUT2D eigenvalue weighted by molar-refractivity contribution is 5.92. The fourth-order valence-corrected chi connectivity index (χ4v) is 1.85.